The van der Waals surface area contributed by atoms with Gasteiger partial charge in [0, 0.05) is 12.4 Å². The third-order valence-electron chi connectivity index (χ3n) is 5.47. The maximum atomic E-state index is 12.3. The van der Waals surface area contributed by atoms with E-state index in [1.165, 1.54) is 10.4 Å². The lowest BCUT2D eigenvalue weighted by Gasteiger charge is -2.43. The lowest BCUT2D eigenvalue weighted by Crippen LogP contribution is -2.67. The van der Waals surface area contributed by atoms with Crippen LogP contribution in [-0.2, 0) is 15.7 Å². The number of carbonyl (C=O) groups excluding carboxylic acids is 1. The number of cyclic esters (lactones) is 1. The molecule has 29 heavy (non-hydrogen) atoms. The van der Waals surface area contributed by atoms with Gasteiger partial charge in [0.2, 0.25) is 5.82 Å². The van der Waals surface area contributed by atoms with Gasteiger partial charge in [0.1, 0.15) is 6.10 Å². The molecule has 0 amide bonds. The van der Waals surface area contributed by atoms with Gasteiger partial charge in [0.15, 0.2) is 0 Å². The number of carbonyl (C=O) groups is 1. The molecule has 4 rings (SSSR count). The Morgan fingerprint density at radius 1 is 1.07 bits per heavy atom. The first-order chi connectivity index (χ1) is 13.9. The van der Waals surface area contributed by atoms with Gasteiger partial charge in [-0.15, -0.1) is 0 Å². The van der Waals surface area contributed by atoms with Crippen LogP contribution in [0.25, 0.3) is 0 Å². The van der Waals surface area contributed by atoms with E-state index in [1.807, 2.05) is 22.9 Å². The number of aromatic nitrogens is 2. The molecule has 150 valence electrons. The molecule has 2 heterocycles. The van der Waals surface area contributed by atoms with Crippen LogP contribution in [0.3, 0.4) is 0 Å². The molecule has 1 aromatic heterocycles. The van der Waals surface area contributed by atoms with Crippen LogP contribution in [0.5, 0.6) is 0 Å². The monoisotopic (exact) mass is 406 g/mol. The van der Waals surface area contributed by atoms with Gasteiger partial charge >= 0.3 is 5.97 Å². The molecule has 0 unspecified atom stereocenters. The van der Waals surface area contributed by atoms with Crippen LogP contribution in [0.4, 0.5) is 0 Å². The molecule has 1 atom stereocenters. The van der Waals surface area contributed by atoms with Gasteiger partial charge in [0.05, 0.1) is 13.2 Å². The lowest BCUT2D eigenvalue weighted by molar-refractivity contribution is 0.0000169. The van der Waals surface area contributed by atoms with Crippen molar-refractivity contribution in [1.82, 2.24) is 9.55 Å². The zero-order valence-electron chi connectivity index (χ0n) is 17.0. The largest absolute Gasteiger partial charge is 0.452 e. The van der Waals surface area contributed by atoms with Crippen LogP contribution in [0.2, 0.25) is 5.04 Å². The van der Waals surface area contributed by atoms with Gasteiger partial charge in [-0.05, 0) is 15.4 Å². The summed E-state index contributed by atoms with van der Waals surface area (Å²) in [6.45, 7) is 7.61. The number of fused-ring (bicyclic) bond motifs is 1. The molecule has 2 aromatic carbocycles. The fourth-order valence-corrected chi connectivity index (χ4v) is 8.76. The molecule has 1 aliphatic rings. The Hall–Kier alpha value is -2.70. The number of rotatable bonds is 5. The quantitative estimate of drug-likeness (QED) is 0.483. The predicted molar refractivity (Wildman–Crippen MR) is 115 cm³/mol. The highest BCUT2D eigenvalue weighted by Gasteiger charge is 2.50. The van der Waals surface area contributed by atoms with Crippen LogP contribution >= 0.6 is 0 Å². The van der Waals surface area contributed by atoms with Crippen LogP contribution in [0, 0.1) is 0 Å². The fraction of sp³-hybridized carbons (Fsp3) is 0.304. The highest BCUT2D eigenvalue weighted by Crippen LogP contribution is 2.37. The summed E-state index contributed by atoms with van der Waals surface area (Å²) in [6, 6.07) is 20.9. The van der Waals surface area contributed by atoms with Crippen molar-refractivity contribution in [3.63, 3.8) is 0 Å². The SMILES string of the molecule is CC(C)(C)[Si](OC[C@H]1Cn2ccnc2C(=O)O1)(c1ccccc1)c1ccccc1. The van der Waals surface area contributed by atoms with Crippen molar-refractivity contribution in [3.05, 3.63) is 78.9 Å². The van der Waals surface area contributed by atoms with Crippen molar-refractivity contribution >= 4 is 24.7 Å². The predicted octanol–water partition coefficient (Wildman–Crippen LogP) is 3.00. The van der Waals surface area contributed by atoms with Gasteiger partial charge in [-0.3, -0.25) is 0 Å². The summed E-state index contributed by atoms with van der Waals surface area (Å²) in [7, 11) is -2.65. The zero-order valence-corrected chi connectivity index (χ0v) is 18.0. The van der Waals surface area contributed by atoms with Gasteiger partial charge < -0.3 is 13.7 Å². The van der Waals surface area contributed by atoms with E-state index in [9.17, 15) is 4.79 Å². The van der Waals surface area contributed by atoms with Gasteiger partial charge in [0.25, 0.3) is 8.32 Å². The van der Waals surface area contributed by atoms with E-state index in [4.69, 9.17) is 9.16 Å². The average Bonchev–Trinajstić information content (AvgIpc) is 3.18. The number of hydrogen-bond donors (Lipinski definition) is 0. The highest BCUT2D eigenvalue weighted by atomic mass is 28.4. The second-order valence-corrected chi connectivity index (χ2v) is 12.7. The van der Waals surface area contributed by atoms with Crippen LogP contribution in [0.1, 0.15) is 31.4 Å². The lowest BCUT2D eigenvalue weighted by atomic mass is 10.2. The smallest absolute Gasteiger partial charge is 0.374 e. The summed E-state index contributed by atoms with van der Waals surface area (Å²) in [5, 5.41) is 2.31. The third-order valence-corrected chi connectivity index (χ3v) is 10.5. The molecule has 3 aromatic rings. The summed E-state index contributed by atoms with van der Waals surface area (Å²) in [5.41, 5.74) is 0. The molecule has 5 nitrogen and oxygen atoms in total. The number of nitrogens with zero attached hydrogens (tertiary/aromatic N) is 2. The van der Waals surface area contributed by atoms with Gasteiger partial charge in [-0.2, -0.15) is 0 Å². The Morgan fingerprint density at radius 3 is 2.21 bits per heavy atom. The summed E-state index contributed by atoms with van der Waals surface area (Å²) in [4.78, 5) is 16.3. The topological polar surface area (TPSA) is 53.4 Å². The normalized spacial score (nSPS) is 16.9. The van der Waals surface area contributed by atoms with Crippen LogP contribution in [-0.4, -0.2) is 36.5 Å². The molecule has 0 saturated heterocycles. The number of benzene rings is 2. The van der Waals surface area contributed by atoms with Crippen molar-refractivity contribution in [1.29, 1.82) is 0 Å². The summed E-state index contributed by atoms with van der Waals surface area (Å²) in [6.07, 6.45) is 3.10. The van der Waals surface area contributed by atoms with Gasteiger partial charge in [-0.1, -0.05) is 81.4 Å². The Balaban J connectivity index is 1.71. The minimum absolute atomic E-state index is 0.117. The van der Waals surface area contributed by atoms with Crippen LogP contribution in [0.15, 0.2) is 73.1 Å². The second kappa shape index (κ2) is 7.61. The first kappa shape index (κ1) is 19.6. The summed E-state index contributed by atoms with van der Waals surface area (Å²) < 4.78 is 14.3. The standard InChI is InChI=1S/C23H26N2O3Si/c1-23(2,3)29(19-10-6-4-7-11-19,20-12-8-5-9-13-20)27-17-18-16-25-15-14-24-21(25)22(26)28-18/h4-15,18H,16-17H2,1-3H3/t18-/m1/s1. The molecule has 0 bridgehead atoms. The molecule has 6 heteroatoms. The van der Waals surface area contributed by atoms with Crippen molar-refractivity contribution in [3.8, 4) is 0 Å². The highest BCUT2D eigenvalue weighted by molar-refractivity contribution is 6.99. The fourth-order valence-electron chi connectivity index (χ4n) is 4.17. The van der Waals surface area contributed by atoms with Gasteiger partial charge in [-0.25, -0.2) is 9.78 Å². The number of imidazole rings is 1. The molecule has 0 aliphatic carbocycles. The van der Waals surface area contributed by atoms with E-state index >= 15 is 0 Å². The Bertz CT molecular complexity index is 941. The van der Waals surface area contributed by atoms with E-state index in [0.29, 0.717) is 19.0 Å². The number of esters is 1. The second-order valence-electron chi connectivity index (χ2n) is 8.40. The Labute approximate surface area is 172 Å². The minimum Gasteiger partial charge on any atom is -0.452 e. The number of ether oxygens (including phenoxy) is 1. The van der Waals surface area contributed by atoms with Crippen molar-refractivity contribution in [2.24, 2.45) is 0 Å². The molecule has 1 aliphatic heterocycles. The van der Waals surface area contributed by atoms with E-state index in [0.717, 1.165) is 0 Å². The van der Waals surface area contributed by atoms with E-state index in [-0.39, 0.29) is 11.1 Å². The first-order valence-electron chi connectivity index (χ1n) is 9.89. The summed E-state index contributed by atoms with van der Waals surface area (Å²) >= 11 is 0. The Kier molecular flexibility index (Phi) is 5.15. The van der Waals surface area contributed by atoms with Crippen LogP contribution < -0.4 is 10.4 Å². The van der Waals surface area contributed by atoms with E-state index < -0.39 is 14.3 Å². The van der Waals surface area contributed by atoms with Crippen molar-refractivity contribution in [2.45, 2.75) is 38.5 Å². The third kappa shape index (κ3) is 3.54. The first-order valence-corrected chi connectivity index (χ1v) is 11.8. The average molecular weight is 407 g/mol. The molecule has 0 radical (unpaired) electrons. The molecule has 0 saturated carbocycles. The maximum absolute atomic E-state index is 12.3. The van der Waals surface area contributed by atoms with Crippen molar-refractivity contribution < 1.29 is 14.0 Å². The Morgan fingerprint density at radius 2 is 1.66 bits per heavy atom. The molecular weight excluding hydrogens is 380 g/mol. The maximum Gasteiger partial charge on any atom is 0.374 e. The zero-order chi connectivity index (χ0) is 20.5. The molecule has 0 spiro atoms. The molecule has 0 N–H and O–H groups in total. The van der Waals surface area contributed by atoms with E-state index in [2.05, 4.69) is 74.3 Å². The van der Waals surface area contributed by atoms with Crippen molar-refractivity contribution in [2.75, 3.05) is 6.61 Å². The van der Waals surface area contributed by atoms with E-state index in [1.54, 1.807) is 6.20 Å². The minimum atomic E-state index is -2.65. The molecule has 0 fully saturated rings. The molecular formula is C23H26N2O3Si. The number of hydrogen-bond acceptors (Lipinski definition) is 4. The summed E-state index contributed by atoms with van der Waals surface area (Å²) in [5.74, 6) is -0.0380.